The van der Waals surface area contributed by atoms with Crippen molar-refractivity contribution in [2.45, 2.75) is 33.1 Å². The Morgan fingerprint density at radius 2 is 2.19 bits per heavy atom. The highest BCUT2D eigenvalue weighted by molar-refractivity contribution is 5.67. The molecule has 1 aliphatic carbocycles. The fourth-order valence-electron chi connectivity index (χ4n) is 3.30. The fourth-order valence-corrected chi connectivity index (χ4v) is 3.30. The maximum absolute atomic E-state index is 14.1. The van der Waals surface area contributed by atoms with Crippen LogP contribution in [-0.2, 0) is 12.8 Å². The van der Waals surface area contributed by atoms with Crippen molar-refractivity contribution in [3.63, 3.8) is 0 Å². The third-order valence-corrected chi connectivity index (χ3v) is 4.73. The van der Waals surface area contributed by atoms with Gasteiger partial charge in [0.05, 0.1) is 5.69 Å². The summed E-state index contributed by atoms with van der Waals surface area (Å²) in [7, 11) is 0. The Balaban J connectivity index is 1.86. The molecule has 2 heterocycles. The standard InChI is InChI=1S/C19H25FN6/c1-19(2)5-3-14-15(9-19)25-26-18(14)13-7-16(20)24-17(8-13)23-11-12(10-22)4-6-21/h4,6-8,10H,3,5,9,11,21-22H2,1-2H3,(H,23,24)(H,25,26)/b6-4-,12-10+. The molecule has 2 aromatic heterocycles. The van der Waals surface area contributed by atoms with E-state index in [2.05, 4.69) is 34.3 Å². The smallest absolute Gasteiger partial charge is 0.215 e. The highest BCUT2D eigenvalue weighted by atomic mass is 19.1. The third-order valence-electron chi connectivity index (χ3n) is 4.73. The van der Waals surface area contributed by atoms with Gasteiger partial charge in [-0.1, -0.05) is 13.8 Å². The zero-order valence-electron chi connectivity index (χ0n) is 15.1. The highest BCUT2D eigenvalue weighted by Crippen LogP contribution is 2.38. The normalized spacial score (nSPS) is 16.7. The van der Waals surface area contributed by atoms with Gasteiger partial charge < -0.3 is 16.8 Å². The predicted octanol–water partition coefficient (Wildman–Crippen LogP) is 2.85. The van der Waals surface area contributed by atoms with Crippen molar-refractivity contribution in [2.24, 2.45) is 16.9 Å². The van der Waals surface area contributed by atoms with Crippen molar-refractivity contribution in [2.75, 3.05) is 11.9 Å². The minimum Gasteiger partial charge on any atom is -0.405 e. The minimum absolute atomic E-state index is 0.258. The van der Waals surface area contributed by atoms with Crippen LogP contribution in [0.2, 0.25) is 0 Å². The third kappa shape index (κ3) is 3.87. The summed E-state index contributed by atoms with van der Waals surface area (Å²) in [5, 5.41) is 10.7. The molecule has 0 spiro atoms. The molecule has 0 saturated heterocycles. The summed E-state index contributed by atoms with van der Waals surface area (Å²) in [6.07, 6.45) is 7.50. The summed E-state index contributed by atoms with van der Waals surface area (Å²) in [5.74, 6) is -0.122. The van der Waals surface area contributed by atoms with Gasteiger partial charge >= 0.3 is 0 Å². The average molecular weight is 356 g/mol. The van der Waals surface area contributed by atoms with Crippen LogP contribution in [0.3, 0.4) is 0 Å². The summed E-state index contributed by atoms with van der Waals surface area (Å²) in [6.45, 7) is 4.90. The molecule has 1 aliphatic rings. The number of nitrogens with zero attached hydrogens (tertiary/aromatic N) is 2. The lowest BCUT2D eigenvalue weighted by Crippen LogP contribution is -2.21. The lowest BCUT2D eigenvalue weighted by molar-refractivity contribution is 0.312. The Hall–Kier alpha value is -2.83. The van der Waals surface area contributed by atoms with Crippen LogP contribution in [0.5, 0.6) is 0 Å². The number of hydrogen-bond acceptors (Lipinski definition) is 5. The maximum Gasteiger partial charge on any atom is 0.215 e. The van der Waals surface area contributed by atoms with E-state index in [0.29, 0.717) is 17.9 Å². The molecule has 0 atom stereocenters. The predicted molar refractivity (Wildman–Crippen MR) is 102 cm³/mol. The molecule has 0 amide bonds. The van der Waals surface area contributed by atoms with Crippen LogP contribution >= 0.6 is 0 Å². The van der Waals surface area contributed by atoms with Crippen molar-refractivity contribution in [1.29, 1.82) is 0 Å². The first kappa shape index (κ1) is 18.0. The first-order valence-electron chi connectivity index (χ1n) is 8.69. The Labute approximate surface area is 152 Å². The highest BCUT2D eigenvalue weighted by Gasteiger charge is 2.29. The van der Waals surface area contributed by atoms with Crippen LogP contribution in [0.1, 0.15) is 31.5 Å². The second-order valence-electron chi connectivity index (χ2n) is 7.39. The fraction of sp³-hybridized carbons (Fsp3) is 0.368. The van der Waals surface area contributed by atoms with Gasteiger partial charge in [-0.3, -0.25) is 5.10 Å². The molecule has 3 rings (SSSR count). The molecule has 0 fully saturated rings. The molecule has 26 heavy (non-hydrogen) atoms. The van der Waals surface area contributed by atoms with Gasteiger partial charge in [0, 0.05) is 29.4 Å². The molecule has 7 heteroatoms. The van der Waals surface area contributed by atoms with Crippen LogP contribution in [0.15, 0.2) is 36.2 Å². The van der Waals surface area contributed by atoms with Gasteiger partial charge in [0.1, 0.15) is 5.82 Å². The number of aromatic amines is 1. The van der Waals surface area contributed by atoms with E-state index in [9.17, 15) is 4.39 Å². The Bertz CT molecular complexity index is 850. The Morgan fingerprint density at radius 3 is 2.92 bits per heavy atom. The molecule has 6 nitrogen and oxygen atoms in total. The van der Waals surface area contributed by atoms with E-state index in [1.165, 1.54) is 24.0 Å². The van der Waals surface area contributed by atoms with Gasteiger partial charge in [-0.2, -0.15) is 9.49 Å². The molecule has 138 valence electrons. The number of rotatable bonds is 5. The number of hydrogen-bond donors (Lipinski definition) is 4. The van der Waals surface area contributed by atoms with Gasteiger partial charge in [0.2, 0.25) is 5.95 Å². The second kappa shape index (κ2) is 7.19. The van der Waals surface area contributed by atoms with E-state index < -0.39 is 5.95 Å². The van der Waals surface area contributed by atoms with Crippen molar-refractivity contribution < 1.29 is 4.39 Å². The van der Waals surface area contributed by atoms with E-state index in [1.54, 1.807) is 12.1 Å². The summed E-state index contributed by atoms with van der Waals surface area (Å²) < 4.78 is 14.1. The number of nitrogens with two attached hydrogens (primary N) is 2. The van der Waals surface area contributed by atoms with Crippen molar-refractivity contribution in [3.8, 4) is 11.3 Å². The molecular formula is C19H25FN6. The molecule has 0 radical (unpaired) electrons. The Morgan fingerprint density at radius 1 is 1.38 bits per heavy atom. The van der Waals surface area contributed by atoms with E-state index in [-0.39, 0.29) is 5.41 Å². The number of H-pyrrole nitrogens is 1. The maximum atomic E-state index is 14.1. The number of pyridine rings is 1. The van der Waals surface area contributed by atoms with Crippen molar-refractivity contribution in [1.82, 2.24) is 15.2 Å². The van der Waals surface area contributed by atoms with E-state index in [0.717, 1.165) is 36.2 Å². The molecule has 0 aromatic carbocycles. The summed E-state index contributed by atoms with van der Waals surface area (Å²) in [4.78, 5) is 3.91. The van der Waals surface area contributed by atoms with Crippen LogP contribution in [-0.4, -0.2) is 21.7 Å². The van der Waals surface area contributed by atoms with Crippen LogP contribution in [0.4, 0.5) is 10.2 Å². The molecular weight excluding hydrogens is 331 g/mol. The number of nitrogens with one attached hydrogen (secondary N) is 2. The summed E-state index contributed by atoms with van der Waals surface area (Å²) in [6, 6.07) is 3.22. The zero-order chi connectivity index (χ0) is 18.7. The quantitative estimate of drug-likeness (QED) is 0.487. The molecule has 0 saturated carbocycles. The number of anilines is 1. The average Bonchev–Trinajstić information content (AvgIpc) is 2.99. The van der Waals surface area contributed by atoms with E-state index in [4.69, 9.17) is 11.5 Å². The summed E-state index contributed by atoms with van der Waals surface area (Å²) >= 11 is 0. The van der Waals surface area contributed by atoms with E-state index >= 15 is 0 Å². The molecule has 6 N–H and O–H groups in total. The van der Waals surface area contributed by atoms with Crippen molar-refractivity contribution in [3.05, 3.63) is 53.4 Å². The monoisotopic (exact) mass is 356 g/mol. The number of fused-ring (bicyclic) bond motifs is 1. The first-order valence-corrected chi connectivity index (χ1v) is 8.69. The van der Waals surface area contributed by atoms with Crippen molar-refractivity contribution >= 4 is 5.82 Å². The Kier molecular flexibility index (Phi) is 4.97. The topological polar surface area (TPSA) is 106 Å². The van der Waals surface area contributed by atoms with Gasteiger partial charge in [-0.05, 0) is 54.8 Å². The molecule has 0 aliphatic heterocycles. The lowest BCUT2D eigenvalue weighted by Gasteiger charge is -2.29. The SMILES string of the molecule is CC1(C)CCc2c(-c3cc(F)nc(NCC(/C=C\N)=C/N)c3)n[nH]c2C1. The van der Waals surface area contributed by atoms with Gasteiger partial charge in [0.15, 0.2) is 0 Å². The van der Waals surface area contributed by atoms with E-state index in [1.807, 2.05) is 0 Å². The summed E-state index contributed by atoms with van der Waals surface area (Å²) in [5.41, 5.74) is 15.8. The van der Waals surface area contributed by atoms with Crippen LogP contribution in [0.25, 0.3) is 11.3 Å². The molecule has 2 aromatic rings. The van der Waals surface area contributed by atoms with Gasteiger partial charge in [-0.15, -0.1) is 0 Å². The minimum atomic E-state index is -0.550. The van der Waals surface area contributed by atoms with Gasteiger partial charge in [0.25, 0.3) is 0 Å². The largest absolute Gasteiger partial charge is 0.405 e. The second-order valence-corrected chi connectivity index (χ2v) is 7.39. The first-order chi connectivity index (χ1) is 12.4. The lowest BCUT2D eigenvalue weighted by atomic mass is 9.76. The molecule has 0 bridgehead atoms. The zero-order valence-corrected chi connectivity index (χ0v) is 15.1. The molecule has 0 unspecified atom stereocenters. The number of halogens is 1. The van der Waals surface area contributed by atoms with Crippen LogP contribution < -0.4 is 16.8 Å². The van der Waals surface area contributed by atoms with Crippen LogP contribution in [0, 0.1) is 11.4 Å². The van der Waals surface area contributed by atoms with Gasteiger partial charge in [-0.25, -0.2) is 4.98 Å². The number of aromatic nitrogens is 3.